The normalized spacial score (nSPS) is 20.3. The molecule has 1 aliphatic heterocycles. The molecule has 1 fully saturated rings. The van der Waals surface area contributed by atoms with E-state index in [0.29, 0.717) is 11.3 Å². The second-order valence-corrected chi connectivity index (χ2v) is 9.02. The number of aryl methyl sites for hydroxylation is 1. The maximum absolute atomic E-state index is 12.9. The number of sulfonamides is 1. The minimum atomic E-state index is -3.69. The van der Waals surface area contributed by atoms with Gasteiger partial charge in [-0.25, -0.2) is 8.42 Å². The van der Waals surface area contributed by atoms with Gasteiger partial charge in [-0.2, -0.15) is 0 Å². The van der Waals surface area contributed by atoms with Crippen molar-refractivity contribution in [3.63, 3.8) is 0 Å². The van der Waals surface area contributed by atoms with Crippen LogP contribution in [0.1, 0.15) is 49.0 Å². The molecule has 0 aliphatic carbocycles. The maximum Gasteiger partial charge on any atom is 0.261 e. The van der Waals surface area contributed by atoms with Gasteiger partial charge in [-0.05, 0) is 76.4 Å². The highest BCUT2D eigenvalue weighted by Gasteiger charge is 2.29. The number of carbonyl (C=O) groups excluding carboxylic acids is 1. The SMILES string of the molecule is Cc1ccc(NS(=O)(=O)c2ccc(C(=O)N3C(C)CCCC3C)cc2)cc1. The molecule has 1 heterocycles. The van der Waals surface area contributed by atoms with Gasteiger partial charge < -0.3 is 4.90 Å². The van der Waals surface area contributed by atoms with Gasteiger partial charge in [-0.3, -0.25) is 9.52 Å². The highest BCUT2D eigenvalue weighted by atomic mass is 32.2. The van der Waals surface area contributed by atoms with Crippen molar-refractivity contribution in [2.75, 3.05) is 4.72 Å². The number of rotatable bonds is 4. The highest BCUT2D eigenvalue weighted by molar-refractivity contribution is 7.92. The summed E-state index contributed by atoms with van der Waals surface area (Å²) in [6.45, 7) is 6.08. The average molecular weight is 387 g/mol. The maximum atomic E-state index is 12.9. The van der Waals surface area contributed by atoms with Crippen LogP contribution in [0.25, 0.3) is 0 Å². The smallest absolute Gasteiger partial charge is 0.261 e. The number of amides is 1. The lowest BCUT2D eigenvalue weighted by atomic mass is 9.96. The third kappa shape index (κ3) is 4.33. The Hall–Kier alpha value is -2.34. The first kappa shape index (κ1) is 19.4. The van der Waals surface area contributed by atoms with Gasteiger partial charge in [0.25, 0.3) is 15.9 Å². The largest absolute Gasteiger partial charge is 0.333 e. The van der Waals surface area contributed by atoms with E-state index in [9.17, 15) is 13.2 Å². The summed E-state index contributed by atoms with van der Waals surface area (Å²) in [6, 6.07) is 13.7. The van der Waals surface area contributed by atoms with Gasteiger partial charge in [-0.15, -0.1) is 0 Å². The molecule has 0 spiro atoms. The molecule has 2 atom stereocenters. The van der Waals surface area contributed by atoms with Crippen LogP contribution >= 0.6 is 0 Å². The van der Waals surface area contributed by atoms with Crippen LogP contribution in [-0.4, -0.2) is 31.3 Å². The number of hydrogen-bond donors (Lipinski definition) is 1. The van der Waals surface area contributed by atoms with Crippen LogP contribution in [-0.2, 0) is 10.0 Å². The zero-order chi connectivity index (χ0) is 19.6. The van der Waals surface area contributed by atoms with Crippen molar-refractivity contribution in [3.05, 3.63) is 59.7 Å². The van der Waals surface area contributed by atoms with Gasteiger partial charge in [0.05, 0.1) is 4.90 Å². The molecule has 5 nitrogen and oxygen atoms in total. The summed E-state index contributed by atoms with van der Waals surface area (Å²) in [5.74, 6) is -0.0369. The standard InChI is InChI=1S/C21H26N2O3S/c1-15-7-11-19(12-8-15)22-27(25,26)20-13-9-18(10-14-20)21(24)23-16(2)5-4-6-17(23)3/h7-14,16-17,22H,4-6H2,1-3H3. The lowest BCUT2D eigenvalue weighted by Crippen LogP contribution is -2.47. The number of benzene rings is 2. The van der Waals surface area contributed by atoms with Crippen LogP contribution in [0, 0.1) is 6.92 Å². The summed E-state index contributed by atoms with van der Waals surface area (Å²) < 4.78 is 27.7. The van der Waals surface area contributed by atoms with Gasteiger partial charge in [-0.1, -0.05) is 17.7 Å². The van der Waals surface area contributed by atoms with Gasteiger partial charge in [0.15, 0.2) is 0 Å². The average Bonchev–Trinajstić information content (AvgIpc) is 2.63. The molecular weight excluding hydrogens is 360 g/mol. The topological polar surface area (TPSA) is 66.5 Å². The molecule has 0 radical (unpaired) electrons. The van der Waals surface area contributed by atoms with E-state index >= 15 is 0 Å². The minimum Gasteiger partial charge on any atom is -0.333 e. The summed E-state index contributed by atoms with van der Waals surface area (Å²) in [6.07, 6.45) is 3.14. The quantitative estimate of drug-likeness (QED) is 0.856. The van der Waals surface area contributed by atoms with Crippen molar-refractivity contribution >= 4 is 21.6 Å². The zero-order valence-electron chi connectivity index (χ0n) is 16.0. The van der Waals surface area contributed by atoms with Gasteiger partial charge in [0.1, 0.15) is 0 Å². The lowest BCUT2D eigenvalue weighted by molar-refractivity contribution is 0.0510. The predicted molar refractivity (Wildman–Crippen MR) is 107 cm³/mol. The van der Waals surface area contributed by atoms with E-state index in [4.69, 9.17) is 0 Å². The third-order valence-electron chi connectivity index (χ3n) is 5.14. The van der Waals surface area contributed by atoms with Gasteiger partial charge in [0, 0.05) is 23.3 Å². The van der Waals surface area contributed by atoms with E-state index in [1.54, 1.807) is 24.3 Å². The predicted octanol–water partition coefficient (Wildman–Crippen LogP) is 4.20. The molecule has 0 aromatic heterocycles. The number of anilines is 1. The molecule has 27 heavy (non-hydrogen) atoms. The lowest BCUT2D eigenvalue weighted by Gasteiger charge is -2.39. The number of nitrogens with one attached hydrogen (secondary N) is 1. The second kappa shape index (κ2) is 7.72. The van der Waals surface area contributed by atoms with Crippen molar-refractivity contribution in [3.8, 4) is 0 Å². The monoisotopic (exact) mass is 386 g/mol. The summed E-state index contributed by atoms with van der Waals surface area (Å²) in [5.41, 5.74) is 2.09. The fourth-order valence-electron chi connectivity index (χ4n) is 3.58. The molecule has 2 unspecified atom stereocenters. The molecule has 1 N–H and O–H groups in total. The van der Waals surface area contributed by atoms with Crippen LogP contribution in [0.2, 0.25) is 0 Å². The molecule has 0 saturated carbocycles. The minimum absolute atomic E-state index is 0.0369. The number of carbonyl (C=O) groups is 1. The first-order valence-electron chi connectivity index (χ1n) is 9.30. The molecule has 144 valence electrons. The fourth-order valence-corrected chi connectivity index (χ4v) is 4.64. The van der Waals surface area contributed by atoms with Crippen LogP contribution < -0.4 is 4.72 Å². The first-order chi connectivity index (χ1) is 12.8. The first-order valence-corrected chi connectivity index (χ1v) is 10.8. The van der Waals surface area contributed by atoms with E-state index in [1.165, 1.54) is 12.1 Å². The summed E-state index contributed by atoms with van der Waals surface area (Å²) >= 11 is 0. The van der Waals surface area contributed by atoms with E-state index in [2.05, 4.69) is 18.6 Å². The summed E-state index contributed by atoms with van der Waals surface area (Å²) in [4.78, 5) is 14.9. The van der Waals surface area contributed by atoms with Crippen molar-refractivity contribution in [2.24, 2.45) is 0 Å². The van der Waals surface area contributed by atoms with E-state index in [0.717, 1.165) is 24.8 Å². The van der Waals surface area contributed by atoms with Gasteiger partial charge >= 0.3 is 0 Å². The van der Waals surface area contributed by atoms with Gasteiger partial charge in [0.2, 0.25) is 0 Å². The Morgan fingerprint density at radius 2 is 1.52 bits per heavy atom. The third-order valence-corrected chi connectivity index (χ3v) is 6.54. The second-order valence-electron chi connectivity index (χ2n) is 7.34. The molecule has 1 saturated heterocycles. The van der Waals surface area contributed by atoms with Crippen LogP contribution in [0.4, 0.5) is 5.69 Å². The molecule has 6 heteroatoms. The van der Waals surface area contributed by atoms with E-state index in [1.807, 2.05) is 24.0 Å². The molecule has 1 amide bonds. The Balaban J connectivity index is 1.78. The molecule has 3 rings (SSSR count). The summed E-state index contributed by atoms with van der Waals surface area (Å²) in [7, 11) is -3.69. The van der Waals surface area contributed by atoms with E-state index < -0.39 is 10.0 Å². The van der Waals surface area contributed by atoms with E-state index in [-0.39, 0.29) is 22.9 Å². The van der Waals surface area contributed by atoms with Crippen molar-refractivity contribution in [1.29, 1.82) is 0 Å². The zero-order valence-corrected chi connectivity index (χ0v) is 16.8. The Kier molecular flexibility index (Phi) is 5.56. The van der Waals surface area contributed by atoms with Crippen molar-refractivity contribution < 1.29 is 13.2 Å². The highest BCUT2D eigenvalue weighted by Crippen LogP contribution is 2.25. The molecular formula is C21H26N2O3S. The number of piperidine rings is 1. The fraction of sp³-hybridized carbons (Fsp3) is 0.381. The molecule has 2 aromatic rings. The van der Waals surface area contributed by atoms with Crippen molar-refractivity contribution in [2.45, 2.75) is 57.0 Å². The number of nitrogens with zero attached hydrogens (tertiary/aromatic N) is 1. The van der Waals surface area contributed by atoms with Crippen LogP contribution in [0.15, 0.2) is 53.4 Å². The number of hydrogen-bond acceptors (Lipinski definition) is 3. The summed E-state index contributed by atoms with van der Waals surface area (Å²) in [5, 5.41) is 0. The molecule has 2 aromatic carbocycles. The van der Waals surface area contributed by atoms with Crippen LogP contribution in [0.5, 0.6) is 0 Å². The molecule has 0 bridgehead atoms. The van der Waals surface area contributed by atoms with Crippen LogP contribution in [0.3, 0.4) is 0 Å². The Morgan fingerprint density at radius 1 is 0.963 bits per heavy atom. The Labute approximate surface area is 161 Å². The van der Waals surface area contributed by atoms with Crippen molar-refractivity contribution in [1.82, 2.24) is 4.90 Å². The molecule has 1 aliphatic rings. The Bertz CT molecular complexity index is 895. The number of likely N-dealkylation sites (tertiary alicyclic amines) is 1. The Morgan fingerprint density at radius 3 is 2.07 bits per heavy atom.